The van der Waals surface area contributed by atoms with Crippen LogP contribution in [-0.2, 0) is 4.79 Å². The molecule has 0 aliphatic carbocycles. The SMILES string of the molecule is COc1[c-]c(NC(=O)C(C)(C)C)ccc1OC.[Li+]. The number of nitrogens with one attached hydrogen (secondary N) is 1. The van der Waals surface area contributed by atoms with Crippen LogP contribution >= 0.6 is 0 Å². The molecule has 0 saturated heterocycles. The Balaban J connectivity index is 0.00000289. The second-order valence-electron chi connectivity index (χ2n) is 4.68. The summed E-state index contributed by atoms with van der Waals surface area (Å²) >= 11 is 0. The fraction of sp³-hybridized carbons (Fsp3) is 0.462. The van der Waals surface area contributed by atoms with E-state index in [0.717, 1.165) is 0 Å². The first kappa shape index (κ1) is 16.9. The van der Waals surface area contributed by atoms with Gasteiger partial charge in [0.1, 0.15) is 0 Å². The maximum atomic E-state index is 11.8. The van der Waals surface area contributed by atoms with Crippen LogP contribution < -0.4 is 33.7 Å². The number of methoxy groups -OCH3 is 2. The Morgan fingerprint density at radius 3 is 2.28 bits per heavy atom. The van der Waals surface area contributed by atoms with Crippen molar-refractivity contribution in [2.75, 3.05) is 19.5 Å². The molecule has 0 heterocycles. The number of rotatable bonds is 3. The molecule has 0 spiro atoms. The van der Waals surface area contributed by atoms with Crippen LogP contribution in [0.15, 0.2) is 12.1 Å². The van der Waals surface area contributed by atoms with Crippen LogP contribution in [0.25, 0.3) is 0 Å². The molecule has 0 unspecified atom stereocenters. The molecule has 0 atom stereocenters. The van der Waals surface area contributed by atoms with E-state index in [9.17, 15) is 4.79 Å². The van der Waals surface area contributed by atoms with Crippen molar-refractivity contribution in [3.05, 3.63) is 18.2 Å². The Hall–Kier alpha value is -1.11. The average Bonchev–Trinajstić information content (AvgIpc) is 2.27. The second-order valence-corrected chi connectivity index (χ2v) is 4.68. The predicted octanol–water partition coefficient (Wildman–Crippen LogP) is -0.507. The number of anilines is 1. The molecule has 0 aliphatic rings. The molecule has 1 rings (SSSR count). The Morgan fingerprint density at radius 1 is 1.22 bits per heavy atom. The van der Waals surface area contributed by atoms with Crippen LogP contribution in [0.1, 0.15) is 20.8 Å². The van der Waals surface area contributed by atoms with Gasteiger partial charge in [-0.1, -0.05) is 26.5 Å². The summed E-state index contributed by atoms with van der Waals surface area (Å²) < 4.78 is 10.2. The van der Waals surface area contributed by atoms with Crippen LogP contribution in [0.5, 0.6) is 11.5 Å². The largest absolute Gasteiger partial charge is 1.00 e. The van der Waals surface area contributed by atoms with Gasteiger partial charge in [0.2, 0.25) is 5.91 Å². The van der Waals surface area contributed by atoms with E-state index < -0.39 is 5.41 Å². The normalized spacial score (nSPS) is 10.3. The molecule has 18 heavy (non-hydrogen) atoms. The number of amides is 1. The fourth-order valence-electron chi connectivity index (χ4n) is 1.16. The molecule has 0 aromatic heterocycles. The van der Waals surface area contributed by atoms with E-state index in [1.807, 2.05) is 20.8 Å². The van der Waals surface area contributed by atoms with Gasteiger partial charge in [0.25, 0.3) is 0 Å². The first-order chi connectivity index (χ1) is 7.88. The minimum Gasteiger partial charge on any atom is -0.551 e. The summed E-state index contributed by atoms with van der Waals surface area (Å²) in [5.41, 5.74) is 0.128. The van der Waals surface area contributed by atoms with E-state index in [1.165, 1.54) is 7.11 Å². The molecular weight excluding hydrogens is 225 g/mol. The van der Waals surface area contributed by atoms with Crippen molar-refractivity contribution in [2.45, 2.75) is 20.8 Å². The van der Waals surface area contributed by atoms with Gasteiger partial charge in [0, 0.05) is 16.9 Å². The van der Waals surface area contributed by atoms with Crippen LogP contribution in [-0.4, -0.2) is 20.1 Å². The van der Waals surface area contributed by atoms with Crippen LogP contribution in [0.3, 0.4) is 0 Å². The first-order valence-corrected chi connectivity index (χ1v) is 5.34. The summed E-state index contributed by atoms with van der Waals surface area (Å²) in [5, 5.41) is 2.78. The van der Waals surface area contributed by atoms with Crippen LogP contribution in [0, 0.1) is 11.5 Å². The van der Waals surface area contributed by atoms with Gasteiger partial charge in [-0.3, -0.25) is 4.79 Å². The third kappa shape index (κ3) is 4.28. The number of hydrogen-bond acceptors (Lipinski definition) is 3. The topological polar surface area (TPSA) is 47.6 Å². The summed E-state index contributed by atoms with van der Waals surface area (Å²) in [6.45, 7) is 5.55. The molecule has 1 N–H and O–H groups in total. The van der Waals surface area contributed by atoms with E-state index in [-0.39, 0.29) is 24.8 Å². The van der Waals surface area contributed by atoms with E-state index in [0.29, 0.717) is 17.2 Å². The summed E-state index contributed by atoms with van der Waals surface area (Å²) in [6.07, 6.45) is 0. The Morgan fingerprint density at radius 2 is 1.83 bits per heavy atom. The molecule has 0 fully saturated rings. The molecule has 1 aromatic rings. The molecule has 4 nitrogen and oxygen atoms in total. The van der Waals surface area contributed by atoms with Crippen LogP contribution in [0.4, 0.5) is 5.69 Å². The Kier molecular flexibility index (Phi) is 6.31. The van der Waals surface area contributed by atoms with Gasteiger partial charge in [0.05, 0.1) is 14.2 Å². The van der Waals surface area contributed by atoms with Crippen molar-refractivity contribution in [2.24, 2.45) is 5.41 Å². The zero-order valence-electron chi connectivity index (χ0n) is 11.9. The van der Waals surface area contributed by atoms with Crippen molar-refractivity contribution >= 4 is 11.6 Å². The third-order valence-corrected chi connectivity index (χ3v) is 2.23. The van der Waals surface area contributed by atoms with Gasteiger partial charge in [-0.2, -0.15) is 0 Å². The first-order valence-electron chi connectivity index (χ1n) is 5.34. The van der Waals surface area contributed by atoms with E-state index >= 15 is 0 Å². The van der Waals surface area contributed by atoms with Crippen molar-refractivity contribution < 1.29 is 33.1 Å². The molecule has 0 bridgehead atoms. The standard InChI is InChI=1S/C13H18NO3.Li/c1-13(2,3)12(15)14-9-6-7-10(16-4)11(8-9)17-5;/h6-7H,1-5H3,(H,14,15);/q-1;+1. The number of carbonyl (C=O) groups is 1. The Labute approximate surface area is 120 Å². The van der Waals surface area contributed by atoms with Crippen molar-refractivity contribution in [3.63, 3.8) is 0 Å². The van der Waals surface area contributed by atoms with Crippen molar-refractivity contribution in [1.82, 2.24) is 0 Å². The van der Waals surface area contributed by atoms with Gasteiger partial charge < -0.3 is 14.8 Å². The maximum Gasteiger partial charge on any atom is 1.00 e. The van der Waals surface area contributed by atoms with Crippen molar-refractivity contribution in [3.8, 4) is 11.5 Å². The monoisotopic (exact) mass is 243 g/mol. The van der Waals surface area contributed by atoms with Gasteiger partial charge in [-0.25, -0.2) is 0 Å². The van der Waals surface area contributed by atoms with E-state index in [1.54, 1.807) is 19.2 Å². The smallest absolute Gasteiger partial charge is 0.551 e. The summed E-state index contributed by atoms with van der Waals surface area (Å²) in [5.74, 6) is 0.987. The zero-order valence-corrected chi connectivity index (χ0v) is 11.9. The molecular formula is C13H18LiNO3. The molecule has 1 amide bonds. The Bertz CT molecular complexity index is 413. The number of benzene rings is 1. The van der Waals surface area contributed by atoms with Crippen LogP contribution in [0.2, 0.25) is 0 Å². The van der Waals surface area contributed by atoms with Gasteiger partial charge in [-0.15, -0.1) is 18.2 Å². The van der Waals surface area contributed by atoms with Gasteiger partial charge in [0.15, 0.2) is 0 Å². The third-order valence-electron chi connectivity index (χ3n) is 2.23. The minimum atomic E-state index is -0.443. The fourth-order valence-corrected chi connectivity index (χ4v) is 1.16. The average molecular weight is 243 g/mol. The molecule has 1 aromatic carbocycles. The maximum absolute atomic E-state index is 11.8. The van der Waals surface area contributed by atoms with Crippen molar-refractivity contribution in [1.29, 1.82) is 0 Å². The number of carbonyl (C=O) groups excluding carboxylic acids is 1. The summed E-state index contributed by atoms with van der Waals surface area (Å²) in [6, 6.07) is 6.39. The number of hydrogen-bond donors (Lipinski definition) is 1. The zero-order chi connectivity index (χ0) is 13.1. The summed E-state index contributed by atoms with van der Waals surface area (Å²) in [4.78, 5) is 11.8. The van der Waals surface area contributed by atoms with Gasteiger partial charge in [-0.05, 0) is 0 Å². The molecule has 94 valence electrons. The number of ether oxygens (including phenoxy) is 2. The van der Waals surface area contributed by atoms with E-state index in [2.05, 4.69) is 11.4 Å². The predicted molar refractivity (Wildman–Crippen MR) is 66.5 cm³/mol. The molecule has 0 aliphatic heterocycles. The molecule has 5 heteroatoms. The summed E-state index contributed by atoms with van der Waals surface area (Å²) in [7, 11) is 3.09. The van der Waals surface area contributed by atoms with E-state index in [4.69, 9.17) is 9.47 Å². The molecule has 0 saturated carbocycles. The quantitative estimate of drug-likeness (QED) is 0.574. The minimum absolute atomic E-state index is 0. The van der Waals surface area contributed by atoms with Gasteiger partial charge >= 0.3 is 18.9 Å². The molecule has 0 radical (unpaired) electrons. The second kappa shape index (κ2) is 6.72.